The summed E-state index contributed by atoms with van der Waals surface area (Å²) in [6.07, 6.45) is 1.19. The van der Waals surface area contributed by atoms with Crippen molar-refractivity contribution in [2.45, 2.75) is 38.8 Å². The fourth-order valence-electron chi connectivity index (χ4n) is 2.30. The Labute approximate surface area is 87.7 Å². The van der Waals surface area contributed by atoms with Crippen LogP contribution in [0.3, 0.4) is 0 Å². The van der Waals surface area contributed by atoms with Gasteiger partial charge in [-0.3, -0.25) is 9.80 Å². The SMILES string of the molecule is CCCN1CC(CO)N(C)C(C)(C)C1. The van der Waals surface area contributed by atoms with Gasteiger partial charge in [-0.15, -0.1) is 0 Å². The maximum atomic E-state index is 9.31. The van der Waals surface area contributed by atoms with Crippen LogP contribution in [-0.4, -0.2) is 59.8 Å². The number of hydrogen-bond donors (Lipinski definition) is 1. The summed E-state index contributed by atoms with van der Waals surface area (Å²) in [5.41, 5.74) is 0.181. The highest BCUT2D eigenvalue weighted by molar-refractivity contribution is 4.93. The van der Waals surface area contributed by atoms with Crippen molar-refractivity contribution in [2.75, 3.05) is 33.3 Å². The van der Waals surface area contributed by atoms with Gasteiger partial charge in [0.05, 0.1) is 6.61 Å². The highest BCUT2D eigenvalue weighted by Crippen LogP contribution is 2.23. The zero-order valence-corrected chi connectivity index (χ0v) is 9.95. The Hall–Kier alpha value is -0.120. The second kappa shape index (κ2) is 4.60. The molecule has 0 amide bonds. The van der Waals surface area contributed by atoms with Crippen LogP contribution in [0.2, 0.25) is 0 Å². The summed E-state index contributed by atoms with van der Waals surface area (Å²) < 4.78 is 0. The van der Waals surface area contributed by atoms with Crippen LogP contribution in [0.1, 0.15) is 27.2 Å². The van der Waals surface area contributed by atoms with Crippen molar-refractivity contribution in [3.63, 3.8) is 0 Å². The average Bonchev–Trinajstić information content (AvgIpc) is 2.11. The summed E-state index contributed by atoms with van der Waals surface area (Å²) in [4.78, 5) is 4.76. The van der Waals surface area contributed by atoms with Gasteiger partial charge in [0.25, 0.3) is 0 Å². The number of nitrogens with zero attached hydrogens (tertiary/aromatic N) is 2. The molecule has 0 radical (unpaired) electrons. The predicted molar refractivity (Wildman–Crippen MR) is 59.4 cm³/mol. The minimum absolute atomic E-state index is 0.181. The van der Waals surface area contributed by atoms with E-state index in [1.54, 1.807) is 0 Å². The molecule has 1 atom stereocenters. The van der Waals surface area contributed by atoms with Gasteiger partial charge in [-0.25, -0.2) is 0 Å². The molecule has 1 rings (SSSR count). The van der Waals surface area contributed by atoms with Gasteiger partial charge in [-0.1, -0.05) is 6.92 Å². The zero-order chi connectivity index (χ0) is 10.8. The Balaban J connectivity index is 2.64. The standard InChI is InChI=1S/C11H24N2O/c1-5-6-13-7-10(8-14)12(4)11(2,3)9-13/h10,14H,5-9H2,1-4H3. The highest BCUT2D eigenvalue weighted by Gasteiger charge is 2.36. The molecule has 1 aliphatic heterocycles. The van der Waals surface area contributed by atoms with Crippen molar-refractivity contribution in [3.8, 4) is 0 Å². The minimum atomic E-state index is 0.181. The van der Waals surface area contributed by atoms with E-state index < -0.39 is 0 Å². The van der Waals surface area contributed by atoms with Crippen LogP contribution < -0.4 is 0 Å². The summed E-state index contributed by atoms with van der Waals surface area (Å²) in [5, 5.41) is 9.31. The highest BCUT2D eigenvalue weighted by atomic mass is 16.3. The topological polar surface area (TPSA) is 26.7 Å². The van der Waals surface area contributed by atoms with Gasteiger partial charge < -0.3 is 5.11 Å². The summed E-state index contributed by atoms with van der Waals surface area (Å²) in [7, 11) is 2.12. The lowest BCUT2D eigenvalue weighted by atomic mass is 9.96. The lowest BCUT2D eigenvalue weighted by molar-refractivity contribution is -0.0265. The minimum Gasteiger partial charge on any atom is -0.395 e. The predicted octanol–water partition coefficient (Wildman–Crippen LogP) is 0.783. The molecule has 3 heteroatoms. The van der Waals surface area contributed by atoms with Crippen molar-refractivity contribution in [1.29, 1.82) is 0 Å². The van der Waals surface area contributed by atoms with Gasteiger partial charge in [0, 0.05) is 24.7 Å². The van der Waals surface area contributed by atoms with E-state index in [2.05, 4.69) is 37.6 Å². The molecule has 0 saturated carbocycles. The van der Waals surface area contributed by atoms with E-state index in [4.69, 9.17) is 0 Å². The molecule has 1 fully saturated rings. The molecule has 1 aliphatic rings. The van der Waals surface area contributed by atoms with Crippen LogP contribution in [0, 0.1) is 0 Å². The van der Waals surface area contributed by atoms with Gasteiger partial charge in [0.2, 0.25) is 0 Å². The van der Waals surface area contributed by atoms with Gasteiger partial charge in [-0.2, -0.15) is 0 Å². The van der Waals surface area contributed by atoms with Crippen molar-refractivity contribution < 1.29 is 5.11 Å². The van der Waals surface area contributed by atoms with E-state index in [-0.39, 0.29) is 12.1 Å². The maximum Gasteiger partial charge on any atom is 0.0599 e. The largest absolute Gasteiger partial charge is 0.395 e. The summed E-state index contributed by atoms with van der Waals surface area (Å²) in [6, 6.07) is 0.297. The second-order valence-corrected chi connectivity index (χ2v) is 4.99. The smallest absolute Gasteiger partial charge is 0.0599 e. The number of rotatable bonds is 3. The molecule has 1 heterocycles. The van der Waals surface area contributed by atoms with Gasteiger partial charge in [-0.05, 0) is 33.9 Å². The van der Waals surface area contributed by atoms with Crippen LogP contribution in [0.4, 0.5) is 0 Å². The Kier molecular flexibility index (Phi) is 3.93. The quantitative estimate of drug-likeness (QED) is 0.729. The number of piperazine rings is 1. The van der Waals surface area contributed by atoms with Crippen LogP contribution in [-0.2, 0) is 0 Å². The lowest BCUT2D eigenvalue weighted by Crippen LogP contribution is -2.63. The van der Waals surface area contributed by atoms with E-state index in [1.807, 2.05) is 0 Å². The van der Waals surface area contributed by atoms with E-state index >= 15 is 0 Å². The van der Waals surface area contributed by atoms with Gasteiger partial charge >= 0.3 is 0 Å². The first-order chi connectivity index (χ1) is 6.51. The van der Waals surface area contributed by atoms with Crippen LogP contribution >= 0.6 is 0 Å². The molecule has 0 aliphatic carbocycles. The first-order valence-electron chi connectivity index (χ1n) is 5.57. The number of aliphatic hydroxyl groups is 1. The average molecular weight is 200 g/mol. The summed E-state index contributed by atoms with van der Waals surface area (Å²) in [5.74, 6) is 0. The molecular weight excluding hydrogens is 176 g/mol. The Morgan fingerprint density at radius 2 is 2.07 bits per heavy atom. The normalized spacial score (nSPS) is 29.4. The molecule has 0 spiro atoms. The van der Waals surface area contributed by atoms with Crippen molar-refractivity contribution in [1.82, 2.24) is 9.80 Å². The van der Waals surface area contributed by atoms with Crippen LogP contribution in [0.5, 0.6) is 0 Å². The summed E-state index contributed by atoms with van der Waals surface area (Å²) in [6.45, 7) is 10.2. The molecule has 84 valence electrons. The van der Waals surface area contributed by atoms with Crippen molar-refractivity contribution in [3.05, 3.63) is 0 Å². The van der Waals surface area contributed by atoms with Gasteiger partial charge in [0.15, 0.2) is 0 Å². The third-order valence-corrected chi connectivity index (χ3v) is 3.33. The third-order valence-electron chi connectivity index (χ3n) is 3.33. The molecule has 3 nitrogen and oxygen atoms in total. The van der Waals surface area contributed by atoms with E-state index in [1.165, 1.54) is 6.42 Å². The third kappa shape index (κ3) is 2.47. The molecule has 0 aromatic carbocycles. The fourth-order valence-corrected chi connectivity index (χ4v) is 2.30. The number of likely N-dealkylation sites (N-methyl/N-ethyl adjacent to an activating group) is 1. The monoisotopic (exact) mass is 200 g/mol. The Morgan fingerprint density at radius 1 is 1.43 bits per heavy atom. The van der Waals surface area contributed by atoms with Crippen LogP contribution in [0.15, 0.2) is 0 Å². The number of aliphatic hydroxyl groups excluding tert-OH is 1. The van der Waals surface area contributed by atoms with Crippen LogP contribution in [0.25, 0.3) is 0 Å². The fraction of sp³-hybridized carbons (Fsp3) is 1.00. The first kappa shape index (κ1) is 12.0. The van der Waals surface area contributed by atoms with E-state index in [9.17, 15) is 5.11 Å². The molecule has 1 saturated heterocycles. The lowest BCUT2D eigenvalue weighted by Gasteiger charge is -2.49. The molecule has 0 aromatic heterocycles. The Morgan fingerprint density at radius 3 is 2.57 bits per heavy atom. The first-order valence-corrected chi connectivity index (χ1v) is 5.57. The second-order valence-electron chi connectivity index (χ2n) is 4.99. The molecular formula is C11H24N2O. The zero-order valence-electron chi connectivity index (χ0n) is 9.95. The summed E-state index contributed by atoms with van der Waals surface area (Å²) >= 11 is 0. The van der Waals surface area contributed by atoms with Crippen molar-refractivity contribution in [2.24, 2.45) is 0 Å². The molecule has 1 N–H and O–H groups in total. The van der Waals surface area contributed by atoms with Gasteiger partial charge in [0.1, 0.15) is 0 Å². The molecule has 0 bridgehead atoms. The van der Waals surface area contributed by atoms with Crippen molar-refractivity contribution >= 4 is 0 Å². The molecule has 0 aromatic rings. The molecule has 14 heavy (non-hydrogen) atoms. The maximum absolute atomic E-state index is 9.31. The van der Waals surface area contributed by atoms with E-state index in [0.29, 0.717) is 6.04 Å². The Bertz CT molecular complexity index is 182. The number of hydrogen-bond acceptors (Lipinski definition) is 3. The van der Waals surface area contributed by atoms with E-state index in [0.717, 1.165) is 19.6 Å². The molecule has 1 unspecified atom stereocenters.